The standard InChI is InChI=1S/C23H27ClN4O/c1-18(2)27(15-19-7-6-8-21(24)13-19)17-23(29)25-12-11-20-14-26-28(16-20)22-9-4-3-5-10-22/h3-10,13-14,16,18H,11-12,15,17H2,1-2H3,(H,25,29). The number of halogens is 1. The molecule has 5 nitrogen and oxygen atoms in total. The van der Waals surface area contributed by atoms with Crippen LogP contribution >= 0.6 is 11.6 Å². The Kier molecular flexibility index (Phi) is 7.44. The van der Waals surface area contributed by atoms with Gasteiger partial charge in [0.1, 0.15) is 0 Å². The Morgan fingerprint density at radius 2 is 1.93 bits per heavy atom. The summed E-state index contributed by atoms with van der Waals surface area (Å²) in [6, 6.07) is 18.0. The van der Waals surface area contributed by atoms with E-state index >= 15 is 0 Å². The van der Waals surface area contributed by atoms with E-state index in [0.717, 1.165) is 23.2 Å². The summed E-state index contributed by atoms with van der Waals surface area (Å²) in [5.41, 5.74) is 3.22. The van der Waals surface area contributed by atoms with Crippen molar-refractivity contribution in [2.45, 2.75) is 32.9 Å². The monoisotopic (exact) mass is 410 g/mol. The number of benzene rings is 2. The fourth-order valence-corrected chi connectivity index (χ4v) is 3.30. The van der Waals surface area contributed by atoms with Gasteiger partial charge in [0.05, 0.1) is 18.4 Å². The van der Waals surface area contributed by atoms with Gasteiger partial charge in [0.15, 0.2) is 0 Å². The molecular formula is C23H27ClN4O. The maximum Gasteiger partial charge on any atom is 0.234 e. The molecule has 1 N–H and O–H groups in total. The van der Waals surface area contributed by atoms with Crippen molar-refractivity contribution in [2.75, 3.05) is 13.1 Å². The number of hydrogen-bond acceptors (Lipinski definition) is 3. The van der Waals surface area contributed by atoms with E-state index in [9.17, 15) is 4.79 Å². The minimum atomic E-state index is 0.0242. The van der Waals surface area contributed by atoms with Crippen molar-refractivity contribution in [2.24, 2.45) is 0 Å². The SMILES string of the molecule is CC(C)N(CC(=O)NCCc1cnn(-c2ccccc2)c1)Cc1cccc(Cl)c1. The molecule has 0 atom stereocenters. The zero-order valence-electron chi connectivity index (χ0n) is 16.9. The number of nitrogens with one attached hydrogen (secondary N) is 1. The van der Waals surface area contributed by atoms with E-state index in [1.807, 2.05) is 71.7 Å². The summed E-state index contributed by atoms with van der Waals surface area (Å²) in [5, 5.41) is 8.13. The molecular weight excluding hydrogens is 384 g/mol. The van der Waals surface area contributed by atoms with Crippen molar-refractivity contribution < 1.29 is 4.79 Å². The molecule has 3 aromatic rings. The lowest BCUT2D eigenvalue weighted by Gasteiger charge is -2.26. The van der Waals surface area contributed by atoms with Gasteiger partial charge >= 0.3 is 0 Å². The Morgan fingerprint density at radius 3 is 2.66 bits per heavy atom. The average molecular weight is 411 g/mol. The van der Waals surface area contributed by atoms with Gasteiger partial charge < -0.3 is 5.32 Å². The molecule has 1 aromatic heterocycles. The van der Waals surface area contributed by atoms with E-state index < -0.39 is 0 Å². The Morgan fingerprint density at radius 1 is 1.14 bits per heavy atom. The molecule has 0 saturated heterocycles. The highest BCUT2D eigenvalue weighted by Gasteiger charge is 2.14. The molecule has 2 aromatic carbocycles. The molecule has 0 unspecified atom stereocenters. The van der Waals surface area contributed by atoms with Gasteiger partial charge in [0.25, 0.3) is 0 Å². The predicted octanol–water partition coefficient (Wildman–Crippen LogP) is 4.10. The number of carbonyl (C=O) groups excluding carboxylic acids is 1. The lowest BCUT2D eigenvalue weighted by molar-refractivity contribution is -0.122. The number of carbonyl (C=O) groups is 1. The molecule has 6 heteroatoms. The lowest BCUT2D eigenvalue weighted by Crippen LogP contribution is -2.40. The van der Waals surface area contributed by atoms with Crippen molar-refractivity contribution in [1.82, 2.24) is 20.0 Å². The molecule has 0 aliphatic carbocycles. The highest BCUT2D eigenvalue weighted by Crippen LogP contribution is 2.14. The third-order valence-electron chi connectivity index (χ3n) is 4.74. The summed E-state index contributed by atoms with van der Waals surface area (Å²) in [4.78, 5) is 14.6. The minimum absolute atomic E-state index is 0.0242. The highest BCUT2D eigenvalue weighted by molar-refractivity contribution is 6.30. The first kappa shape index (κ1) is 21.1. The topological polar surface area (TPSA) is 50.2 Å². The van der Waals surface area contributed by atoms with Crippen LogP contribution in [0.1, 0.15) is 25.0 Å². The Labute approximate surface area is 177 Å². The lowest BCUT2D eigenvalue weighted by atomic mass is 10.2. The molecule has 0 radical (unpaired) electrons. The van der Waals surface area contributed by atoms with E-state index in [1.165, 1.54) is 0 Å². The van der Waals surface area contributed by atoms with Crippen LogP contribution in [0.2, 0.25) is 5.02 Å². The fourth-order valence-electron chi connectivity index (χ4n) is 3.09. The third-order valence-corrected chi connectivity index (χ3v) is 4.98. The highest BCUT2D eigenvalue weighted by atomic mass is 35.5. The second-order valence-electron chi connectivity index (χ2n) is 7.36. The number of rotatable bonds is 9. The predicted molar refractivity (Wildman–Crippen MR) is 117 cm³/mol. The van der Waals surface area contributed by atoms with Gasteiger partial charge in [-0.3, -0.25) is 9.69 Å². The molecule has 29 heavy (non-hydrogen) atoms. The minimum Gasteiger partial charge on any atom is -0.355 e. The van der Waals surface area contributed by atoms with Crippen molar-refractivity contribution in [1.29, 1.82) is 0 Å². The summed E-state index contributed by atoms with van der Waals surface area (Å²) >= 11 is 6.08. The summed E-state index contributed by atoms with van der Waals surface area (Å²) in [6.45, 7) is 5.82. The summed E-state index contributed by atoms with van der Waals surface area (Å²) in [6.07, 6.45) is 4.59. The van der Waals surface area contributed by atoms with Crippen LogP contribution in [0.15, 0.2) is 67.0 Å². The van der Waals surface area contributed by atoms with Gasteiger partial charge in [-0.2, -0.15) is 5.10 Å². The molecule has 0 saturated carbocycles. The first-order valence-electron chi connectivity index (χ1n) is 9.85. The number of nitrogens with zero attached hydrogens (tertiary/aromatic N) is 3. The van der Waals surface area contributed by atoms with Crippen molar-refractivity contribution >= 4 is 17.5 Å². The Balaban J connectivity index is 1.48. The van der Waals surface area contributed by atoms with Gasteiger partial charge in [-0.15, -0.1) is 0 Å². The zero-order valence-corrected chi connectivity index (χ0v) is 17.6. The molecule has 3 rings (SSSR count). The van der Waals surface area contributed by atoms with Crippen LogP contribution in [0.4, 0.5) is 0 Å². The number of hydrogen-bond donors (Lipinski definition) is 1. The normalized spacial score (nSPS) is 11.2. The van der Waals surface area contributed by atoms with E-state index in [1.54, 1.807) is 0 Å². The van der Waals surface area contributed by atoms with Gasteiger partial charge in [0, 0.05) is 30.4 Å². The van der Waals surface area contributed by atoms with Crippen LogP contribution < -0.4 is 5.32 Å². The number of aromatic nitrogens is 2. The zero-order chi connectivity index (χ0) is 20.6. The molecule has 152 valence electrons. The Bertz CT molecular complexity index is 923. The number of amides is 1. The van der Waals surface area contributed by atoms with E-state index in [-0.39, 0.29) is 11.9 Å². The fraction of sp³-hybridized carbons (Fsp3) is 0.304. The second-order valence-corrected chi connectivity index (χ2v) is 7.79. The molecule has 0 bridgehead atoms. The molecule has 1 amide bonds. The quantitative estimate of drug-likeness (QED) is 0.578. The van der Waals surface area contributed by atoms with Gasteiger partial charge in [-0.05, 0) is 55.7 Å². The van der Waals surface area contributed by atoms with Crippen LogP contribution in [0, 0.1) is 0 Å². The summed E-state index contributed by atoms with van der Waals surface area (Å²) in [7, 11) is 0. The number of para-hydroxylation sites is 1. The van der Waals surface area contributed by atoms with Crippen LogP contribution in [0.3, 0.4) is 0 Å². The summed E-state index contributed by atoms with van der Waals surface area (Å²) in [5.74, 6) is 0.0242. The van der Waals surface area contributed by atoms with Crippen molar-refractivity contribution in [3.8, 4) is 5.69 Å². The molecule has 1 heterocycles. The smallest absolute Gasteiger partial charge is 0.234 e. The van der Waals surface area contributed by atoms with Crippen molar-refractivity contribution in [3.05, 3.63) is 83.1 Å². The summed E-state index contributed by atoms with van der Waals surface area (Å²) < 4.78 is 1.85. The van der Waals surface area contributed by atoms with Crippen LogP contribution in [-0.4, -0.2) is 39.7 Å². The van der Waals surface area contributed by atoms with Crippen LogP contribution in [0.5, 0.6) is 0 Å². The van der Waals surface area contributed by atoms with Gasteiger partial charge in [0.2, 0.25) is 5.91 Å². The average Bonchev–Trinajstić information content (AvgIpc) is 3.17. The maximum absolute atomic E-state index is 12.4. The molecule has 0 aliphatic rings. The first-order chi connectivity index (χ1) is 14.0. The Hall–Kier alpha value is -2.63. The van der Waals surface area contributed by atoms with E-state index in [4.69, 9.17) is 11.6 Å². The van der Waals surface area contributed by atoms with Gasteiger partial charge in [-0.25, -0.2) is 4.68 Å². The molecule has 0 fully saturated rings. The first-order valence-corrected chi connectivity index (χ1v) is 10.2. The van der Waals surface area contributed by atoms with Crippen molar-refractivity contribution in [3.63, 3.8) is 0 Å². The van der Waals surface area contributed by atoms with E-state index in [2.05, 4.69) is 29.2 Å². The van der Waals surface area contributed by atoms with E-state index in [0.29, 0.717) is 24.7 Å². The second kappa shape index (κ2) is 10.2. The van der Waals surface area contributed by atoms with Gasteiger partial charge in [-0.1, -0.05) is 41.9 Å². The molecule has 0 aliphatic heterocycles. The van der Waals surface area contributed by atoms with Crippen LogP contribution in [-0.2, 0) is 17.8 Å². The largest absolute Gasteiger partial charge is 0.355 e. The third kappa shape index (κ3) is 6.44. The maximum atomic E-state index is 12.4. The van der Waals surface area contributed by atoms with Crippen LogP contribution in [0.25, 0.3) is 5.69 Å². The molecule has 0 spiro atoms.